The third-order valence-corrected chi connectivity index (χ3v) is 5.72. The second kappa shape index (κ2) is 8.10. The van der Waals surface area contributed by atoms with Gasteiger partial charge in [0.2, 0.25) is 5.88 Å². The summed E-state index contributed by atoms with van der Waals surface area (Å²) in [6, 6.07) is 21.1. The van der Waals surface area contributed by atoms with Crippen molar-refractivity contribution in [3.05, 3.63) is 110 Å². The van der Waals surface area contributed by atoms with Crippen molar-refractivity contribution in [1.29, 1.82) is 5.26 Å². The summed E-state index contributed by atoms with van der Waals surface area (Å²) in [5, 5.41) is 10.2. The van der Waals surface area contributed by atoms with Crippen LogP contribution in [-0.4, -0.2) is 4.57 Å². The van der Waals surface area contributed by atoms with Gasteiger partial charge in [-0.05, 0) is 30.5 Å². The Kier molecular flexibility index (Phi) is 5.35. The van der Waals surface area contributed by atoms with E-state index in [-0.39, 0.29) is 17.0 Å². The van der Waals surface area contributed by atoms with Crippen LogP contribution in [0.3, 0.4) is 0 Å². The van der Waals surface area contributed by atoms with Crippen molar-refractivity contribution in [3.8, 4) is 11.8 Å². The summed E-state index contributed by atoms with van der Waals surface area (Å²) in [5.74, 6) is -0.311. The van der Waals surface area contributed by atoms with Crippen LogP contribution in [0.2, 0.25) is 5.02 Å². The van der Waals surface area contributed by atoms with Crippen LogP contribution < -0.4 is 16.0 Å². The standard InChI is InChI=1S/C24H20ClN3O2/c1-15-13-20-22(24(29)28(15)12-11-16-7-3-2-4-8-16)21(18(14-26)23(27)30-20)17-9-5-6-10-19(17)25/h2-10,13,21H,11-12,27H2,1H3/t21-/m1/s1. The first-order valence-electron chi connectivity index (χ1n) is 9.61. The summed E-state index contributed by atoms with van der Waals surface area (Å²) in [7, 11) is 0. The summed E-state index contributed by atoms with van der Waals surface area (Å²) >= 11 is 6.44. The summed E-state index contributed by atoms with van der Waals surface area (Å²) in [6.45, 7) is 2.37. The van der Waals surface area contributed by atoms with Gasteiger partial charge in [0.25, 0.3) is 5.56 Å². The van der Waals surface area contributed by atoms with Crippen molar-refractivity contribution in [2.75, 3.05) is 0 Å². The van der Waals surface area contributed by atoms with Gasteiger partial charge in [0.05, 0.1) is 11.5 Å². The Morgan fingerprint density at radius 1 is 1.17 bits per heavy atom. The molecule has 6 heteroatoms. The van der Waals surface area contributed by atoms with Gasteiger partial charge >= 0.3 is 0 Å². The second-order valence-corrected chi connectivity index (χ2v) is 7.61. The molecule has 0 unspecified atom stereocenters. The number of nitriles is 1. The van der Waals surface area contributed by atoms with Gasteiger partial charge in [-0.25, -0.2) is 0 Å². The smallest absolute Gasteiger partial charge is 0.258 e. The first-order valence-corrected chi connectivity index (χ1v) is 9.99. The number of rotatable bonds is 4. The first kappa shape index (κ1) is 19.8. The highest BCUT2D eigenvalue weighted by Gasteiger charge is 2.35. The molecule has 4 rings (SSSR count). The van der Waals surface area contributed by atoms with Crippen LogP contribution in [0.5, 0.6) is 5.75 Å². The zero-order valence-corrected chi connectivity index (χ0v) is 17.2. The quantitative estimate of drug-likeness (QED) is 0.687. The molecule has 0 saturated heterocycles. The zero-order valence-electron chi connectivity index (χ0n) is 16.4. The predicted octanol–water partition coefficient (Wildman–Crippen LogP) is 4.27. The number of benzene rings is 2. The molecule has 1 atom stereocenters. The Morgan fingerprint density at radius 3 is 2.57 bits per heavy atom. The van der Waals surface area contributed by atoms with E-state index in [9.17, 15) is 10.1 Å². The lowest BCUT2D eigenvalue weighted by molar-refractivity contribution is 0.388. The number of pyridine rings is 1. The number of hydrogen-bond donors (Lipinski definition) is 1. The van der Waals surface area contributed by atoms with E-state index < -0.39 is 5.92 Å². The second-order valence-electron chi connectivity index (χ2n) is 7.20. The maximum absolute atomic E-state index is 13.6. The normalized spacial score (nSPS) is 15.3. The number of nitrogens with two attached hydrogens (primary N) is 1. The lowest BCUT2D eigenvalue weighted by atomic mass is 9.84. The van der Waals surface area contributed by atoms with Crippen LogP contribution in [-0.2, 0) is 13.0 Å². The van der Waals surface area contributed by atoms with Crippen LogP contribution >= 0.6 is 11.6 Å². The van der Waals surface area contributed by atoms with Crippen molar-refractivity contribution < 1.29 is 4.74 Å². The minimum atomic E-state index is -0.677. The molecule has 0 fully saturated rings. The van der Waals surface area contributed by atoms with Gasteiger partial charge in [-0.3, -0.25) is 4.79 Å². The average molecular weight is 418 g/mol. The molecule has 30 heavy (non-hydrogen) atoms. The zero-order chi connectivity index (χ0) is 21.3. The van der Waals surface area contributed by atoms with E-state index in [4.69, 9.17) is 22.1 Å². The number of allylic oxidation sites excluding steroid dienone is 1. The van der Waals surface area contributed by atoms with Gasteiger partial charge in [0.15, 0.2) is 0 Å². The number of ether oxygens (including phenoxy) is 1. The lowest BCUT2D eigenvalue weighted by Crippen LogP contribution is -2.33. The van der Waals surface area contributed by atoms with Gasteiger partial charge in [-0.2, -0.15) is 5.26 Å². The summed E-state index contributed by atoms with van der Waals surface area (Å²) in [4.78, 5) is 13.6. The highest BCUT2D eigenvalue weighted by Crippen LogP contribution is 2.42. The molecular weight excluding hydrogens is 398 g/mol. The third-order valence-electron chi connectivity index (χ3n) is 5.37. The van der Waals surface area contributed by atoms with Crippen LogP contribution in [0, 0.1) is 18.3 Å². The molecule has 150 valence electrons. The molecule has 0 aliphatic carbocycles. The molecule has 5 nitrogen and oxygen atoms in total. The molecule has 0 saturated carbocycles. The molecular formula is C24H20ClN3O2. The summed E-state index contributed by atoms with van der Waals surface area (Å²) < 4.78 is 7.40. The molecule has 1 aliphatic rings. The average Bonchev–Trinajstić information content (AvgIpc) is 2.74. The van der Waals surface area contributed by atoms with Gasteiger partial charge in [0, 0.05) is 23.3 Å². The number of fused-ring (bicyclic) bond motifs is 1. The summed E-state index contributed by atoms with van der Waals surface area (Å²) in [5.41, 5.74) is 8.96. The maximum atomic E-state index is 13.6. The number of aromatic nitrogens is 1. The molecule has 1 aromatic heterocycles. The molecule has 1 aliphatic heterocycles. The van der Waals surface area contributed by atoms with Crippen molar-refractivity contribution in [2.24, 2.45) is 5.73 Å². The van der Waals surface area contributed by atoms with Crippen molar-refractivity contribution in [2.45, 2.75) is 25.8 Å². The maximum Gasteiger partial charge on any atom is 0.258 e. The number of hydrogen-bond acceptors (Lipinski definition) is 4. The van der Waals surface area contributed by atoms with Crippen LogP contribution in [0.25, 0.3) is 0 Å². The van der Waals surface area contributed by atoms with E-state index >= 15 is 0 Å². The SMILES string of the molecule is Cc1cc2c(c(=O)n1CCc1ccccc1)[C@H](c1ccccc1Cl)C(C#N)=C(N)O2. The van der Waals surface area contributed by atoms with Gasteiger partial charge in [-0.1, -0.05) is 60.1 Å². The van der Waals surface area contributed by atoms with Crippen LogP contribution in [0.1, 0.15) is 28.3 Å². The van der Waals surface area contributed by atoms with E-state index in [0.717, 1.165) is 11.3 Å². The van der Waals surface area contributed by atoms with Gasteiger partial charge in [0.1, 0.15) is 17.4 Å². The van der Waals surface area contributed by atoms with Gasteiger partial charge < -0.3 is 15.0 Å². The van der Waals surface area contributed by atoms with E-state index in [1.807, 2.05) is 43.3 Å². The summed E-state index contributed by atoms with van der Waals surface area (Å²) in [6.07, 6.45) is 0.709. The van der Waals surface area contributed by atoms with Crippen molar-refractivity contribution in [1.82, 2.24) is 4.57 Å². The molecule has 2 aromatic carbocycles. The minimum Gasteiger partial charge on any atom is -0.440 e. The molecule has 0 radical (unpaired) electrons. The van der Waals surface area contributed by atoms with E-state index in [2.05, 4.69) is 6.07 Å². The Balaban J connectivity index is 1.86. The van der Waals surface area contributed by atoms with E-state index in [0.29, 0.717) is 34.9 Å². The Bertz CT molecular complexity index is 1240. The minimum absolute atomic E-state index is 0.00393. The molecule has 2 heterocycles. The molecule has 0 amide bonds. The molecule has 0 spiro atoms. The number of nitrogens with zero attached hydrogens (tertiary/aromatic N) is 2. The predicted molar refractivity (Wildman–Crippen MR) is 116 cm³/mol. The largest absolute Gasteiger partial charge is 0.440 e. The highest BCUT2D eigenvalue weighted by molar-refractivity contribution is 6.31. The Hall–Kier alpha value is -3.49. The molecule has 3 aromatic rings. The lowest BCUT2D eigenvalue weighted by Gasteiger charge is -2.27. The third kappa shape index (κ3) is 3.47. The fourth-order valence-electron chi connectivity index (χ4n) is 3.87. The number of aryl methyl sites for hydroxylation is 2. The Labute approximate surface area is 179 Å². The van der Waals surface area contributed by atoms with Gasteiger partial charge in [-0.15, -0.1) is 0 Å². The number of halogens is 1. The first-order chi connectivity index (χ1) is 14.5. The van der Waals surface area contributed by atoms with Crippen molar-refractivity contribution >= 4 is 11.6 Å². The molecule has 0 bridgehead atoms. The Morgan fingerprint density at radius 2 is 1.87 bits per heavy atom. The fraction of sp³-hybridized carbons (Fsp3) is 0.167. The van der Waals surface area contributed by atoms with E-state index in [1.165, 1.54) is 0 Å². The monoisotopic (exact) mass is 417 g/mol. The molecule has 2 N–H and O–H groups in total. The highest BCUT2D eigenvalue weighted by atomic mass is 35.5. The fourth-order valence-corrected chi connectivity index (χ4v) is 4.11. The van der Waals surface area contributed by atoms with Crippen LogP contribution in [0.4, 0.5) is 0 Å². The topological polar surface area (TPSA) is 81.0 Å². The van der Waals surface area contributed by atoms with Crippen LogP contribution in [0.15, 0.2) is 76.9 Å². The van der Waals surface area contributed by atoms with Crippen molar-refractivity contribution in [3.63, 3.8) is 0 Å². The van der Waals surface area contributed by atoms with E-state index in [1.54, 1.807) is 28.8 Å².